The van der Waals surface area contributed by atoms with Crippen LogP contribution in [0.5, 0.6) is 0 Å². The van der Waals surface area contributed by atoms with Gasteiger partial charge in [0.2, 0.25) is 0 Å². The number of methoxy groups -OCH3 is 1. The van der Waals surface area contributed by atoms with Crippen LogP contribution in [0.2, 0.25) is 0 Å². The van der Waals surface area contributed by atoms with Crippen molar-refractivity contribution < 1.29 is 14.6 Å². The van der Waals surface area contributed by atoms with E-state index in [1.807, 2.05) is 24.3 Å². The molecular formula is C19H26INO3. The van der Waals surface area contributed by atoms with E-state index < -0.39 is 11.8 Å². The SMILES string of the molecule is CCCC(OC)(c1ccccc1I)N(C(=O)O)C1CC2CCC1C2. The molecule has 3 rings (SSSR count). The van der Waals surface area contributed by atoms with Crippen LogP contribution in [0.25, 0.3) is 0 Å². The van der Waals surface area contributed by atoms with Crippen molar-refractivity contribution in [1.29, 1.82) is 0 Å². The Morgan fingerprint density at radius 2 is 2.12 bits per heavy atom. The van der Waals surface area contributed by atoms with Gasteiger partial charge < -0.3 is 9.84 Å². The third-order valence-corrected chi connectivity index (χ3v) is 6.79. The van der Waals surface area contributed by atoms with E-state index in [2.05, 4.69) is 29.5 Å². The summed E-state index contributed by atoms with van der Waals surface area (Å²) in [4.78, 5) is 14.0. The first-order chi connectivity index (χ1) is 11.5. The highest BCUT2D eigenvalue weighted by Crippen LogP contribution is 2.50. The van der Waals surface area contributed by atoms with E-state index in [1.165, 1.54) is 12.8 Å². The van der Waals surface area contributed by atoms with Gasteiger partial charge in [-0.2, -0.15) is 0 Å². The first-order valence-corrected chi connectivity index (χ1v) is 9.93. The number of hydrogen-bond donors (Lipinski definition) is 1. The molecule has 2 aliphatic carbocycles. The summed E-state index contributed by atoms with van der Waals surface area (Å²) in [6, 6.07) is 8.08. The Hall–Kier alpha value is -0.820. The van der Waals surface area contributed by atoms with Gasteiger partial charge in [0, 0.05) is 22.3 Å². The Balaban J connectivity index is 2.08. The van der Waals surface area contributed by atoms with Gasteiger partial charge in [-0.15, -0.1) is 0 Å². The number of halogens is 1. The van der Waals surface area contributed by atoms with Gasteiger partial charge in [0.15, 0.2) is 5.72 Å². The lowest BCUT2D eigenvalue weighted by molar-refractivity contribution is -0.156. The number of carbonyl (C=O) groups is 1. The van der Waals surface area contributed by atoms with Crippen LogP contribution in [-0.4, -0.2) is 29.3 Å². The summed E-state index contributed by atoms with van der Waals surface area (Å²) in [5.41, 5.74) is 0.0770. The van der Waals surface area contributed by atoms with Gasteiger partial charge in [0.05, 0.1) is 0 Å². The summed E-state index contributed by atoms with van der Waals surface area (Å²) in [5.74, 6) is 1.17. The Morgan fingerprint density at radius 1 is 1.38 bits per heavy atom. The van der Waals surface area contributed by atoms with Gasteiger partial charge in [-0.25, -0.2) is 4.79 Å². The maximum absolute atomic E-state index is 12.4. The number of benzene rings is 1. The molecule has 2 saturated carbocycles. The molecule has 1 N–H and O–H groups in total. The standard InChI is InChI=1S/C19H26INO3/c1-3-10-19(24-2,15-6-4-5-7-16(15)20)21(18(22)23)17-12-13-8-9-14(17)11-13/h4-7,13-14,17H,3,8-12H2,1-2H3,(H,22,23). The minimum atomic E-state index is -0.895. The van der Waals surface area contributed by atoms with Crippen LogP contribution >= 0.6 is 22.6 Å². The van der Waals surface area contributed by atoms with Crippen LogP contribution in [0.1, 0.15) is 51.0 Å². The zero-order chi connectivity index (χ0) is 17.3. The van der Waals surface area contributed by atoms with E-state index in [-0.39, 0.29) is 6.04 Å². The largest absolute Gasteiger partial charge is 0.465 e. The maximum atomic E-state index is 12.4. The van der Waals surface area contributed by atoms with Gasteiger partial charge in [0.25, 0.3) is 0 Å². The second-order valence-electron chi connectivity index (χ2n) is 7.11. The smallest absolute Gasteiger partial charge is 0.410 e. The lowest BCUT2D eigenvalue weighted by Gasteiger charge is -2.47. The molecule has 0 radical (unpaired) electrons. The fraction of sp³-hybridized carbons (Fsp3) is 0.632. The Labute approximate surface area is 157 Å². The molecule has 5 heteroatoms. The number of nitrogens with zero attached hydrogens (tertiary/aromatic N) is 1. The van der Waals surface area contributed by atoms with Gasteiger partial charge in [-0.3, -0.25) is 4.90 Å². The van der Waals surface area contributed by atoms with Crippen LogP contribution in [0, 0.1) is 15.4 Å². The van der Waals surface area contributed by atoms with Gasteiger partial charge in [-0.05, 0) is 66.2 Å². The fourth-order valence-corrected chi connectivity index (χ4v) is 5.71. The molecule has 2 fully saturated rings. The van der Waals surface area contributed by atoms with Crippen molar-refractivity contribution in [3.63, 3.8) is 0 Å². The first-order valence-electron chi connectivity index (χ1n) is 8.86. The minimum Gasteiger partial charge on any atom is -0.465 e. The molecule has 0 spiro atoms. The maximum Gasteiger partial charge on any atom is 0.410 e. The van der Waals surface area contributed by atoms with Crippen LogP contribution in [0.15, 0.2) is 24.3 Å². The molecule has 1 aromatic rings. The van der Waals surface area contributed by atoms with Crippen LogP contribution in [-0.2, 0) is 10.5 Å². The molecule has 1 aromatic carbocycles. The van der Waals surface area contributed by atoms with Gasteiger partial charge in [0.1, 0.15) is 0 Å². The van der Waals surface area contributed by atoms with Gasteiger partial charge in [-0.1, -0.05) is 38.0 Å². The highest BCUT2D eigenvalue weighted by atomic mass is 127. The molecule has 132 valence electrons. The molecule has 2 aliphatic rings. The van der Waals surface area contributed by atoms with Crippen molar-refractivity contribution in [2.45, 2.75) is 57.2 Å². The first kappa shape index (κ1) is 18.0. The summed E-state index contributed by atoms with van der Waals surface area (Å²) >= 11 is 2.29. The fourth-order valence-electron chi connectivity index (χ4n) is 4.90. The number of hydrogen-bond acceptors (Lipinski definition) is 2. The van der Waals surface area contributed by atoms with Crippen molar-refractivity contribution >= 4 is 28.7 Å². The molecule has 0 aromatic heterocycles. The molecule has 1 amide bonds. The van der Waals surface area contributed by atoms with Crippen molar-refractivity contribution in [3.05, 3.63) is 33.4 Å². The summed E-state index contributed by atoms with van der Waals surface area (Å²) in [7, 11) is 1.65. The third kappa shape index (κ3) is 2.94. The average Bonchev–Trinajstić information content (AvgIpc) is 3.17. The van der Waals surface area contributed by atoms with Crippen molar-refractivity contribution in [2.75, 3.05) is 7.11 Å². The van der Waals surface area contributed by atoms with Crippen molar-refractivity contribution in [1.82, 2.24) is 4.90 Å². The number of amides is 1. The van der Waals surface area contributed by atoms with E-state index in [1.54, 1.807) is 12.0 Å². The number of fused-ring (bicyclic) bond motifs is 2. The quantitative estimate of drug-likeness (QED) is 0.494. The van der Waals surface area contributed by atoms with E-state index in [4.69, 9.17) is 4.74 Å². The molecule has 24 heavy (non-hydrogen) atoms. The lowest BCUT2D eigenvalue weighted by Crippen LogP contribution is -2.57. The monoisotopic (exact) mass is 443 g/mol. The van der Waals surface area contributed by atoms with Crippen LogP contribution in [0.3, 0.4) is 0 Å². The van der Waals surface area contributed by atoms with Crippen molar-refractivity contribution in [2.24, 2.45) is 11.8 Å². The molecule has 4 unspecified atom stereocenters. The van der Waals surface area contributed by atoms with E-state index in [0.717, 1.165) is 28.4 Å². The predicted molar refractivity (Wildman–Crippen MR) is 102 cm³/mol. The molecule has 0 saturated heterocycles. The molecule has 2 bridgehead atoms. The summed E-state index contributed by atoms with van der Waals surface area (Å²) in [6.45, 7) is 2.09. The molecule has 4 atom stereocenters. The Morgan fingerprint density at radius 3 is 2.62 bits per heavy atom. The summed E-state index contributed by atoms with van der Waals surface area (Å²) < 4.78 is 7.08. The zero-order valence-corrected chi connectivity index (χ0v) is 16.5. The van der Waals surface area contributed by atoms with Gasteiger partial charge >= 0.3 is 6.09 Å². The van der Waals surface area contributed by atoms with Crippen LogP contribution < -0.4 is 0 Å². The van der Waals surface area contributed by atoms with E-state index in [9.17, 15) is 9.90 Å². The van der Waals surface area contributed by atoms with E-state index in [0.29, 0.717) is 18.3 Å². The summed E-state index contributed by atoms with van der Waals surface area (Å²) in [5, 5.41) is 10.2. The lowest BCUT2D eigenvalue weighted by atomic mass is 9.88. The summed E-state index contributed by atoms with van der Waals surface area (Å²) in [6.07, 6.45) is 5.24. The zero-order valence-electron chi connectivity index (χ0n) is 14.4. The minimum absolute atomic E-state index is 0.0729. The molecule has 0 heterocycles. The average molecular weight is 443 g/mol. The highest BCUT2D eigenvalue weighted by Gasteiger charge is 2.52. The highest BCUT2D eigenvalue weighted by molar-refractivity contribution is 14.1. The van der Waals surface area contributed by atoms with Crippen LogP contribution in [0.4, 0.5) is 4.79 Å². The predicted octanol–water partition coefficient (Wildman–Crippen LogP) is 5.06. The Kier molecular flexibility index (Phi) is 5.39. The number of rotatable bonds is 6. The molecule has 4 nitrogen and oxygen atoms in total. The normalized spacial score (nSPS) is 27.9. The number of carboxylic acid groups (broad SMARTS) is 1. The third-order valence-electron chi connectivity index (χ3n) is 5.85. The topological polar surface area (TPSA) is 49.8 Å². The Bertz CT molecular complexity index is 608. The second-order valence-corrected chi connectivity index (χ2v) is 8.28. The molecular weight excluding hydrogens is 417 g/mol. The second kappa shape index (κ2) is 7.20. The van der Waals surface area contributed by atoms with Crippen molar-refractivity contribution in [3.8, 4) is 0 Å². The van der Waals surface area contributed by atoms with E-state index >= 15 is 0 Å². The number of ether oxygens (including phenoxy) is 1. The molecule has 0 aliphatic heterocycles.